The van der Waals surface area contributed by atoms with E-state index in [-0.39, 0.29) is 23.8 Å². The summed E-state index contributed by atoms with van der Waals surface area (Å²) in [5.74, 6) is -1.97. The highest BCUT2D eigenvalue weighted by Crippen LogP contribution is 2.23. The molecule has 2 aliphatic rings. The van der Waals surface area contributed by atoms with E-state index in [1.54, 1.807) is 12.1 Å². The van der Waals surface area contributed by atoms with Gasteiger partial charge in [0.25, 0.3) is 11.8 Å². The Morgan fingerprint density at radius 1 is 1.00 bits per heavy atom. The summed E-state index contributed by atoms with van der Waals surface area (Å²) in [5, 5.41) is 0.517. The Balaban J connectivity index is 1.54. The van der Waals surface area contributed by atoms with Crippen LogP contribution in [0.15, 0.2) is 24.3 Å². The van der Waals surface area contributed by atoms with Gasteiger partial charge in [-0.3, -0.25) is 9.59 Å². The predicted molar refractivity (Wildman–Crippen MR) is 80.5 cm³/mol. The molecule has 0 atom stereocenters. The summed E-state index contributed by atoms with van der Waals surface area (Å²) in [7, 11) is 0. The van der Waals surface area contributed by atoms with Crippen molar-refractivity contribution in [2.45, 2.75) is 44.6 Å². The molecule has 0 spiro atoms. The van der Waals surface area contributed by atoms with Gasteiger partial charge in [-0.05, 0) is 25.0 Å². The van der Waals surface area contributed by atoms with Gasteiger partial charge in [-0.1, -0.05) is 42.9 Å². The fourth-order valence-corrected chi connectivity index (χ4v) is 2.97. The van der Waals surface area contributed by atoms with Gasteiger partial charge in [0.15, 0.2) is 0 Å². The van der Waals surface area contributed by atoms with Crippen molar-refractivity contribution in [2.75, 3.05) is 6.61 Å². The first-order chi connectivity index (χ1) is 11.2. The van der Waals surface area contributed by atoms with Crippen LogP contribution >= 0.6 is 0 Å². The number of hydrogen-bond acceptors (Lipinski definition) is 5. The van der Waals surface area contributed by atoms with Crippen LogP contribution < -0.4 is 0 Å². The van der Waals surface area contributed by atoms with Crippen LogP contribution in [-0.2, 0) is 14.4 Å². The van der Waals surface area contributed by atoms with E-state index >= 15 is 0 Å². The number of carbonyl (C=O) groups is 3. The predicted octanol–water partition coefficient (Wildman–Crippen LogP) is 2.48. The van der Waals surface area contributed by atoms with Crippen LogP contribution in [0, 0.1) is 0 Å². The minimum absolute atomic E-state index is 0.0484. The Labute approximate surface area is 134 Å². The number of hydrogen-bond donors (Lipinski definition) is 0. The Morgan fingerprint density at radius 2 is 1.57 bits per heavy atom. The zero-order valence-electron chi connectivity index (χ0n) is 12.8. The second-order valence-electron chi connectivity index (χ2n) is 5.84. The third-order valence-corrected chi connectivity index (χ3v) is 4.19. The van der Waals surface area contributed by atoms with Crippen molar-refractivity contribution >= 4 is 17.8 Å². The number of hydroxylamine groups is 2. The van der Waals surface area contributed by atoms with Crippen LogP contribution in [0.2, 0.25) is 0 Å². The molecule has 0 bridgehead atoms. The van der Waals surface area contributed by atoms with Crippen molar-refractivity contribution in [1.82, 2.24) is 5.06 Å². The largest absolute Gasteiger partial charge is 0.366 e. The van der Waals surface area contributed by atoms with E-state index in [9.17, 15) is 14.4 Å². The lowest BCUT2D eigenvalue weighted by Gasteiger charge is -2.16. The third kappa shape index (κ3) is 3.42. The number of carbonyl (C=O) groups excluding carboxylic acids is 3. The fraction of sp³-hybridized carbons (Fsp3) is 0.471. The fourth-order valence-electron chi connectivity index (χ4n) is 2.97. The second kappa shape index (κ2) is 6.91. The summed E-state index contributed by atoms with van der Waals surface area (Å²) in [5.41, 5.74) is 0.491. The summed E-state index contributed by atoms with van der Waals surface area (Å²) >= 11 is 0. The van der Waals surface area contributed by atoms with E-state index in [1.165, 1.54) is 25.0 Å². The average Bonchev–Trinajstić information content (AvgIpc) is 2.77. The monoisotopic (exact) mass is 317 g/mol. The number of nitrogens with zero attached hydrogens (tertiary/aromatic N) is 1. The topological polar surface area (TPSA) is 72.9 Å². The molecule has 0 aromatic heterocycles. The van der Waals surface area contributed by atoms with Gasteiger partial charge in [-0.2, -0.15) is 0 Å². The first-order valence-electron chi connectivity index (χ1n) is 7.97. The number of amides is 2. The van der Waals surface area contributed by atoms with Gasteiger partial charge >= 0.3 is 5.97 Å². The van der Waals surface area contributed by atoms with Crippen molar-refractivity contribution in [3.63, 3.8) is 0 Å². The minimum atomic E-state index is -0.733. The lowest BCUT2D eigenvalue weighted by atomic mass is 10.1. The summed E-state index contributed by atoms with van der Waals surface area (Å²) in [4.78, 5) is 40.9. The van der Waals surface area contributed by atoms with Crippen LogP contribution in [-0.4, -0.2) is 35.6 Å². The third-order valence-electron chi connectivity index (χ3n) is 4.19. The van der Waals surface area contributed by atoms with E-state index in [1.807, 2.05) is 0 Å². The van der Waals surface area contributed by atoms with E-state index in [0.717, 1.165) is 25.7 Å². The van der Waals surface area contributed by atoms with Gasteiger partial charge in [0.2, 0.25) is 0 Å². The van der Waals surface area contributed by atoms with E-state index in [4.69, 9.17) is 9.57 Å². The van der Waals surface area contributed by atoms with Gasteiger partial charge in [-0.25, -0.2) is 4.79 Å². The van der Waals surface area contributed by atoms with Crippen LogP contribution in [0.4, 0.5) is 0 Å². The molecule has 6 nitrogen and oxygen atoms in total. The summed E-state index contributed by atoms with van der Waals surface area (Å²) < 4.78 is 5.56. The van der Waals surface area contributed by atoms with E-state index in [0.29, 0.717) is 5.06 Å². The number of imide groups is 1. The molecule has 1 aromatic carbocycles. The minimum Gasteiger partial charge on any atom is -0.366 e. The summed E-state index contributed by atoms with van der Waals surface area (Å²) in [6.07, 6.45) is 6.49. The molecule has 1 aromatic rings. The van der Waals surface area contributed by atoms with Gasteiger partial charge in [0.1, 0.15) is 6.61 Å². The van der Waals surface area contributed by atoms with Crippen LogP contribution in [0.25, 0.3) is 0 Å². The first-order valence-corrected chi connectivity index (χ1v) is 7.97. The molecule has 2 amide bonds. The molecule has 1 fully saturated rings. The van der Waals surface area contributed by atoms with Gasteiger partial charge in [0, 0.05) is 0 Å². The highest BCUT2D eigenvalue weighted by Gasteiger charge is 2.38. The molecule has 23 heavy (non-hydrogen) atoms. The van der Waals surface area contributed by atoms with Crippen LogP contribution in [0.3, 0.4) is 0 Å². The normalized spacial score (nSPS) is 18.7. The molecule has 122 valence electrons. The number of rotatable bonds is 4. The van der Waals surface area contributed by atoms with Crippen molar-refractivity contribution in [3.8, 4) is 0 Å². The van der Waals surface area contributed by atoms with Crippen molar-refractivity contribution in [2.24, 2.45) is 0 Å². The Morgan fingerprint density at radius 3 is 2.13 bits per heavy atom. The van der Waals surface area contributed by atoms with Crippen molar-refractivity contribution < 1.29 is 24.0 Å². The second-order valence-corrected chi connectivity index (χ2v) is 5.84. The lowest BCUT2D eigenvalue weighted by molar-refractivity contribution is -0.175. The van der Waals surface area contributed by atoms with E-state index < -0.39 is 17.8 Å². The highest BCUT2D eigenvalue weighted by atomic mass is 16.7. The van der Waals surface area contributed by atoms with Crippen LogP contribution in [0.1, 0.15) is 59.2 Å². The van der Waals surface area contributed by atoms with Crippen molar-refractivity contribution in [1.29, 1.82) is 0 Å². The zero-order chi connectivity index (χ0) is 16.2. The maximum absolute atomic E-state index is 12.1. The SMILES string of the molecule is O=C(COC1CCCCCC1)ON1C(=O)c2ccccc2C1=O. The molecule has 0 saturated heterocycles. The molecule has 0 unspecified atom stereocenters. The molecule has 6 heteroatoms. The van der Waals surface area contributed by atoms with Crippen LogP contribution in [0.5, 0.6) is 0 Å². The Kier molecular flexibility index (Phi) is 4.71. The lowest BCUT2D eigenvalue weighted by Crippen LogP contribution is -2.34. The number of ether oxygens (including phenoxy) is 1. The first kappa shape index (κ1) is 15.7. The molecule has 3 rings (SSSR count). The van der Waals surface area contributed by atoms with Gasteiger partial charge in [-0.15, -0.1) is 0 Å². The molecule has 0 radical (unpaired) electrons. The molecule has 1 aliphatic heterocycles. The molecular weight excluding hydrogens is 298 g/mol. The summed E-state index contributed by atoms with van der Waals surface area (Å²) in [6.45, 7) is -0.252. The highest BCUT2D eigenvalue weighted by molar-refractivity contribution is 6.20. The zero-order valence-corrected chi connectivity index (χ0v) is 12.8. The molecule has 0 N–H and O–H groups in total. The molecule has 1 saturated carbocycles. The van der Waals surface area contributed by atoms with Gasteiger partial charge in [0.05, 0.1) is 17.2 Å². The Hall–Kier alpha value is -2.21. The smallest absolute Gasteiger partial charge is 0.358 e. The quantitative estimate of drug-likeness (QED) is 0.630. The number of fused-ring (bicyclic) bond motifs is 1. The standard InChI is InChI=1S/C17H19NO5/c19-15(11-22-12-7-3-1-2-4-8-12)23-18-16(20)13-9-5-6-10-14(13)17(18)21/h5-6,9-10,12H,1-4,7-8,11H2. The Bertz CT molecular complexity index is 584. The maximum Gasteiger partial charge on any atom is 0.358 e. The summed E-state index contributed by atoms with van der Waals surface area (Å²) in [6, 6.07) is 6.38. The van der Waals surface area contributed by atoms with Crippen molar-refractivity contribution in [3.05, 3.63) is 35.4 Å². The molecular formula is C17H19NO5. The average molecular weight is 317 g/mol. The molecule has 1 heterocycles. The molecule has 1 aliphatic carbocycles. The van der Waals surface area contributed by atoms with Gasteiger partial charge < -0.3 is 9.57 Å². The number of benzene rings is 1. The van der Waals surface area contributed by atoms with E-state index in [2.05, 4.69) is 0 Å². The maximum atomic E-state index is 12.1.